The zero-order valence-corrected chi connectivity index (χ0v) is 12.2. The molecule has 0 aromatic carbocycles. The largest absolute Gasteiger partial charge is 0.350 e. The average molecular weight is 343 g/mol. The van der Waals surface area contributed by atoms with Gasteiger partial charge in [-0.1, -0.05) is 0 Å². The molecule has 2 heterocycles. The van der Waals surface area contributed by atoms with E-state index in [1.807, 2.05) is 6.07 Å². The lowest BCUT2D eigenvalue weighted by Crippen LogP contribution is -2.48. The average Bonchev–Trinajstić information content (AvgIpc) is 2.16. The highest BCUT2D eigenvalue weighted by Gasteiger charge is 2.17. The first kappa shape index (κ1) is 16.6. The molecule has 1 aliphatic heterocycles. The van der Waals surface area contributed by atoms with Crippen molar-refractivity contribution in [3.8, 4) is 0 Å². The van der Waals surface area contributed by atoms with Gasteiger partial charge in [-0.25, -0.2) is 4.98 Å². The Labute approximate surface area is 121 Å². The maximum Gasteiger partial charge on any atom is 0.269 e. The maximum atomic E-state index is 11.6. The number of halogens is 3. The Balaban J connectivity index is 0.00000128. The number of hydrogen-bond donors (Lipinski definition) is 2. The monoisotopic (exact) mass is 341 g/mol. The van der Waals surface area contributed by atoms with Crippen molar-refractivity contribution in [3.63, 3.8) is 0 Å². The molecule has 1 fully saturated rings. The van der Waals surface area contributed by atoms with Gasteiger partial charge < -0.3 is 10.6 Å². The standard InChI is InChI=1S/C10H12BrN3O.2ClH/c11-8-1-2-9(13-6-8)10(15)14-5-7-3-12-4-7;;/h1-2,6-7,12H,3-5H2,(H,14,15);2*1H. The Hall–Kier alpha value is -0.360. The van der Waals surface area contributed by atoms with E-state index >= 15 is 0 Å². The molecule has 0 spiro atoms. The van der Waals surface area contributed by atoms with Crippen LogP contribution in [0.25, 0.3) is 0 Å². The molecule has 0 saturated carbocycles. The van der Waals surface area contributed by atoms with Crippen LogP contribution in [0.1, 0.15) is 10.5 Å². The number of pyridine rings is 1. The van der Waals surface area contributed by atoms with Gasteiger partial charge in [-0.2, -0.15) is 0 Å². The fraction of sp³-hybridized carbons (Fsp3) is 0.400. The fourth-order valence-electron chi connectivity index (χ4n) is 1.33. The highest BCUT2D eigenvalue weighted by atomic mass is 79.9. The molecule has 4 nitrogen and oxygen atoms in total. The minimum absolute atomic E-state index is 0. The summed E-state index contributed by atoms with van der Waals surface area (Å²) in [4.78, 5) is 15.6. The molecular formula is C10H14BrCl2N3O. The minimum Gasteiger partial charge on any atom is -0.350 e. The van der Waals surface area contributed by atoms with Crippen molar-refractivity contribution in [2.75, 3.05) is 19.6 Å². The lowest BCUT2D eigenvalue weighted by Gasteiger charge is -2.26. The fourth-order valence-corrected chi connectivity index (χ4v) is 1.57. The third kappa shape index (κ3) is 4.79. The molecule has 1 aromatic rings. The van der Waals surface area contributed by atoms with Crippen LogP contribution in [0.3, 0.4) is 0 Å². The zero-order chi connectivity index (χ0) is 10.7. The van der Waals surface area contributed by atoms with Gasteiger partial charge in [0.1, 0.15) is 5.69 Å². The van der Waals surface area contributed by atoms with Crippen LogP contribution >= 0.6 is 40.7 Å². The summed E-state index contributed by atoms with van der Waals surface area (Å²) in [6.45, 7) is 2.71. The SMILES string of the molecule is Cl.Cl.O=C(NCC1CNC1)c1ccc(Br)cn1. The zero-order valence-electron chi connectivity index (χ0n) is 8.98. The van der Waals surface area contributed by atoms with E-state index in [0.717, 1.165) is 24.1 Å². The van der Waals surface area contributed by atoms with Crippen LogP contribution in [0.4, 0.5) is 0 Å². The predicted molar refractivity (Wildman–Crippen MR) is 75.1 cm³/mol. The number of carbonyl (C=O) groups excluding carboxylic acids is 1. The van der Waals surface area contributed by atoms with Gasteiger partial charge in [0.25, 0.3) is 5.91 Å². The van der Waals surface area contributed by atoms with Crippen LogP contribution in [0.5, 0.6) is 0 Å². The number of nitrogens with zero attached hydrogens (tertiary/aromatic N) is 1. The second-order valence-corrected chi connectivity index (χ2v) is 4.51. The lowest BCUT2D eigenvalue weighted by atomic mass is 10.0. The number of carbonyl (C=O) groups is 1. The van der Waals surface area contributed by atoms with Crippen LogP contribution in [0, 0.1) is 5.92 Å². The first-order valence-electron chi connectivity index (χ1n) is 4.86. The smallest absolute Gasteiger partial charge is 0.269 e. The molecule has 1 saturated heterocycles. The minimum atomic E-state index is -0.102. The Kier molecular flexibility index (Phi) is 7.70. The first-order valence-corrected chi connectivity index (χ1v) is 5.65. The molecule has 7 heteroatoms. The van der Waals surface area contributed by atoms with E-state index < -0.39 is 0 Å². The summed E-state index contributed by atoms with van der Waals surface area (Å²) in [5.74, 6) is 0.471. The van der Waals surface area contributed by atoms with Gasteiger partial charge >= 0.3 is 0 Å². The van der Waals surface area contributed by atoms with Crippen molar-refractivity contribution in [1.82, 2.24) is 15.6 Å². The molecular weight excluding hydrogens is 329 g/mol. The Bertz CT molecular complexity index is 357. The lowest BCUT2D eigenvalue weighted by molar-refractivity contribution is 0.0937. The van der Waals surface area contributed by atoms with E-state index in [9.17, 15) is 4.79 Å². The number of rotatable bonds is 3. The van der Waals surface area contributed by atoms with Crippen molar-refractivity contribution in [3.05, 3.63) is 28.5 Å². The molecule has 17 heavy (non-hydrogen) atoms. The van der Waals surface area contributed by atoms with Crippen LogP contribution in [-0.2, 0) is 0 Å². The van der Waals surface area contributed by atoms with Crippen LogP contribution in [-0.4, -0.2) is 30.5 Å². The summed E-state index contributed by atoms with van der Waals surface area (Å²) >= 11 is 3.27. The summed E-state index contributed by atoms with van der Waals surface area (Å²) in [6, 6.07) is 3.52. The van der Waals surface area contributed by atoms with Gasteiger partial charge in [-0.3, -0.25) is 4.79 Å². The van der Waals surface area contributed by atoms with E-state index in [4.69, 9.17) is 0 Å². The van der Waals surface area contributed by atoms with Crippen LogP contribution in [0.15, 0.2) is 22.8 Å². The second-order valence-electron chi connectivity index (χ2n) is 3.60. The Morgan fingerprint density at radius 3 is 2.65 bits per heavy atom. The molecule has 0 aliphatic carbocycles. The molecule has 0 radical (unpaired) electrons. The van der Waals surface area contributed by atoms with E-state index in [1.54, 1.807) is 12.3 Å². The van der Waals surface area contributed by atoms with E-state index in [0.29, 0.717) is 11.6 Å². The second kappa shape index (κ2) is 7.87. The van der Waals surface area contributed by atoms with E-state index in [2.05, 4.69) is 31.5 Å². The summed E-state index contributed by atoms with van der Waals surface area (Å²) in [7, 11) is 0. The molecule has 96 valence electrons. The Morgan fingerprint density at radius 2 is 2.18 bits per heavy atom. The summed E-state index contributed by atoms with van der Waals surface area (Å²) in [5, 5.41) is 6.02. The van der Waals surface area contributed by atoms with Crippen molar-refractivity contribution in [1.29, 1.82) is 0 Å². The number of nitrogens with one attached hydrogen (secondary N) is 2. The van der Waals surface area contributed by atoms with E-state index in [-0.39, 0.29) is 30.7 Å². The molecule has 1 aliphatic rings. The van der Waals surface area contributed by atoms with Gasteiger partial charge in [0.2, 0.25) is 0 Å². The normalized spacial score (nSPS) is 13.9. The summed E-state index contributed by atoms with van der Waals surface area (Å²) in [6.07, 6.45) is 1.62. The van der Waals surface area contributed by atoms with Crippen molar-refractivity contribution >= 4 is 46.7 Å². The molecule has 2 rings (SSSR count). The van der Waals surface area contributed by atoms with Crippen molar-refractivity contribution < 1.29 is 4.79 Å². The third-order valence-corrected chi connectivity index (χ3v) is 2.85. The molecule has 2 N–H and O–H groups in total. The molecule has 0 unspecified atom stereocenters. The van der Waals surface area contributed by atoms with Gasteiger partial charge in [0, 0.05) is 36.2 Å². The molecule has 1 aromatic heterocycles. The van der Waals surface area contributed by atoms with Crippen molar-refractivity contribution in [2.24, 2.45) is 5.92 Å². The summed E-state index contributed by atoms with van der Waals surface area (Å²) < 4.78 is 0.877. The van der Waals surface area contributed by atoms with Crippen LogP contribution < -0.4 is 10.6 Å². The first-order chi connectivity index (χ1) is 7.25. The highest BCUT2D eigenvalue weighted by molar-refractivity contribution is 9.10. The molecule has 0 atom stereocenters. The molecule has 1 amide bonds. The highest BCUT2D eigenvalue weighted by Crippen LogP contribution is 2.07. The summed E-state index contributed by atoms with van der Waals surface area (Å²) in [5.41, 5.74) is 0.463. The molecule has 0 bridgehead atoms. The van der Waals surface area contributed by atoms with Gasteiger partial charge in [-0.05, 0) is 28.1 Å². The predicted octanol–water partition coefficient (Wildman–Crippen LogP) is 1.64. The van der Waals surface area contributed by atoms with Gasteiger partial charge in [-0.15, -0.1) is 24.8 Å². The Morgan fingerprint density at radius 1 is 1.47 bits per heavy atom. The van der Waals surface area contributed by atoms with Crippen molar-refractivity contribution in [2.45, 2.75) is 0 Å². The topological polar surface area (TPSA) is 54.0 Å². The van der Waals surface area contributed by atoms with Gasteiger partial charge in [0.05, 0.1) is 0 Å². The number of amides is 1. The number of aromatic nitrogens is 1. The van der Waals surface area contributed by atoms with E-state index in [1.165, 1.54) is 0 Å². The maximum absolute atomic E-state index is 11.6. The third-order valence-electron chi connectivity index (χ3n) is 2.38. The van der Waals surface area contributed by atoms with Gasteiger partial charge in [0.15, 0.2) is 0 Å². The quantitative estimate of drug-likeness (QED) is 0.878. The van der Waals surface area contributed by atoms with Crippen LogP contribution in [0.2, 0.25) is 0 Å². The number of hydrogen-bond acceptors (Lipinski definition) is 3.